The molecule has 0 unspecified atom stereocenters. The molecule has 3 aromatic rings. The lowest BCUT2D eigenvalue weighted by atomic mass is 10.1. The highest BCUT2D eigenvalue weighted by Crippen LogP contribution is 2.20. The van der Waals surface area contributed by atoms with Crippen molar-refractivity contribution in [3.05, 3.63) is 90.2 Å². The van der Waals surface area contributed by atoms with Gasteiger partial charge in [-0.25, -0.2) is 5.48 Å². The van der Waals surface area contributed by atoms with Gasteiger partial charge in [-0.1, -0.05) is 42.5 Å². The van der Waals surface area contributed by atoms with Gasteiger partial charge in [0.05, 0.1) is 6.26 Å². The minimum atomic E-state index is -0.540. The van der Waals surface area contributed by atoms with Crippen LogP contribution in [0, 0.1) is 0 Å². The molecule has 1 aromatic heterocycles. The molecule has 152 valence electrons. The van der Waals surface area contributed by atoms with E-state index in [0.717, 1.165) is 30.7 Å². The number of hydrogen-bond acceptors (Lipinski definition) is 4. The average Bonchev–Trinajstić information content (AvgIpc) is 3.21. The van der Waals surface area contributed by atoms with Crippen LogP contribution < -0.4 is 5.48 Å². The summed E-state index contributed by atoms with van der Waals surface area (Å²) in [6.07, 6.45) is 7.39. The van der Waals surface area contributed by atoms with Gasteiger partial charge >= 0.3 is 0 Å². The number of fused-ring (bicyclic) bond motifs is 1. The smallest absolute Gasteiger partial charge is 0.267 e. The van der Waals surface area contributed by atoms with Crippen molar-refractivity contribution < 1.29 is 14.4 Å². The Bertz CT molecular complexity index is 942. The second-order valence-electron chi connectivity index (χ2n) is 6.70. The molecular weight excluding hydrogens is 364 g/mol. The van der Waals surface area contributed by atoms with E-state index in [4.69, 9.17) is 9.62 Å². The minimum absolute atomic E-state index is 0.540. The number of rotatable bonds is 7. The zero-order chi connectivity index (χ0) is 21.1. The van der Waals surface area contributed by atoms with E-state index < -0.39 is 5.91 Å². The maximum Gasteiger partial charge on any atom is 0.267 e. The summed E-state index contributed by atoms with van der Waals surface area (Å²) in [5, 5.41) is 9.66. The molecule has 0 aliphatic heterocycles. The fourth-order valence-electron chi connectivity index (χ4n) is 2.92. The summed E-state index contributed by atoms with van der Waals surface area (Å²) in [5.41, 5.74) is 5.92. The lowest BCUT2D eigenvalue weighted by Crippen LogP contribution is -2.20. The van der Waals surface area contributed by atoms with Crippen molar-refractivity contribution in [2.45, 2.75) is 19.9 Å². The van der Waals surface area contributed by atoms with Crippen LogP contribution in [0.15, 0.2) is 77.9 Å². The number of benzene rings is 2. The summed E-state index contributed by atoms with van der Waals surface area (Å²) in [7, 11) is 2.11. The highest BCUT2D eigenvalue weighted by molar-refractivity contribution is 5.90. The molecule has 0 saturated heterocycles. The molecule has 0 aliphatic carbocycles. The van der Waals surface area contributed by atoms with Gasteiger partial charge in [-0.05, 0) is 55.3 Å². The molecule has 2 N–H and O–H groups in total. The van der Waals surface area contributed by atoms with Gasteiger partial charge in [0.25, 0.3) is 5.91 Å². The first-order valence-electron chi connectivity index (χ1n) is 9.49. The van der Waals surface area contributed by atoms with Crippen molar-refractivity contribution in [2.75, 3.05) is 13.6 Å². The Morgan fingerprint density at radius 2 is 1.93 bits per heavy atom. The molecule has 5 heteroatoms. The van der Waals surface area contributed by atoms with Crippen LogP contribution in [-0.4, -0.2) is 29.6 Å². The SMILES string of the molecule is C=CC.CN(CCc1cccc2occc12)Cc1ccc(/C=C/C(=O)NO)cc1. The second kappa shape index (κ2) is 11.6. The van der Waals surface area contributed by atoms with E-state index in [-0.39, 0.29) is 0 Å². The Morgan fingerprint density at radius 3 is 2.62 bits per heavy atom. The zero-order valence-corrected chi connectivity index (χ0v) is 17.0. The molecule has 29 heavy (non-hydrogen) atoms. The standard InChI is InChI=1S/C21H22N2O3.C3H6/c1-23(13-11-18-3-2-4-20-19(18)12-14-26-20)15-17-7-5-16(6-8-17)9-10-21(24)22-25;1-3-2/h2-10,12,14,25H,11,13,15H2,1H3,(H,22,24);3H,1H2,2H3/b10-9+;. The van der Waals surface area contributed by atoms with Crippen LogP contribution >= 0.6 is 0 Å². The van der Waals surface area contributed by atoms with Gasteiger partial charge in [0.15, 0.2) is 0 Å². The van der Waals surface area contributed by atoms with E-state index in [1.807, 2.05) is 49.4 Å². The summed E-state index contributed by atoms with van der Waals surface area (Å²) in [6, 6.07) is 16.2. The highest BCUT2D eigenvalue weighted by atomic mass is 16.5. The number of amides is 1. The molecule has 1 amide bonds. The largest absolute Gasteiger partial charge is 0.464 e. The van der Waals surface area contributed by atoms with Crippen molar-refractivity contribution in [3.8, 4) is 0 Å². The first-order chi connectivity index (χ1) is 14.1. The van der Waals surface area contributed by atoms with Gasteiger partial charge in [-0.3, -0.25) is 10.0 Å². The van der Waals surface area contributed by atoms with Crippen molar-refractivity contribution in [1.82, 2.24) is 10.4 Å². The normalized spacial score (nSPS) is 10.8. The molecule has 0 aliphatic rings. The quantitative estimate of drug-likeness (QED) is 0.262. The molecule has 0 spiro atoms. The van der Waals surface area contributed by atoms with E-state index in [0.29, 0.717) is 0 Å². The summed E-state index contributed by atoms with van der Waals surface area (Å²) >= 11 is 0. The molecule has 2 aromatic carbocycles. The molecule has 0 bridgehead atoms. The predicted octanol–water partition coefficient (Wildman–Crippen LogP) is 4.82. The summed E-state index contributed by atoms with van der Waals surface area (Å²) < 4.78 is 5.46. The van der Waals surface area contributed by atoms with Crippen LogP contribution in [0.1, 0.15) is 23.6 Å². The molecule has 0 radical (unpaired) electrons. The van der Waals surface area contributed by atoms with Crippen LogP contribution in [0.25, 0.3) is 17.0 Å². The van der Waals surface area contributed by atoms with E-state index in [1.54, 1.807) is 23.9 Å². The van der Waals surface area contributed by atoms with Gasteiger partial charge in [0, 0.05) is 24.6 Å². The lowest BCUT2D eigenvalue weighted by molar-refractivity contribution is -0.124. The molecule has 0 atom stereocenters. The van der Waals surface area contributed by atoms with Crippen LogP contribution in [-0.2, 0) is 17.8 Å². The third kappa shape index (κ3) is 7.07. The monoisotopic (exact) mass is 392 g/mol. The Morgan fingerprint density at radius 1 is 1.21 bits per heavy atom. The highest BCUT2D eigenvalue weighted by Gasteiger charge is 2.06. The van der Waals surface area contributed by atoms with Crippen LogP contribution in [0.3, 0.4) is 0 Å². The number of likely N-dealkylation sites (N-methyl/N-ethyl adjacent to an activating group) is 1. The van der Waals surface area contributed by atoms with Crippen LogP contribution in [0.5, 0.6) is 0 Å². The van der Waals surface area contributed by atoms with Crippen LogP contribution in [0.4, 0.5) is 0 Å². The van der Waals surface area contributed by atoms with Gasteiger partial charge in [0.1, 0.15) is 5.58 Å². The molecule has 5 nitrogen and oxygen atoms in total. The van der Waals surface area contributed by atoms with Crippen molar-refractivity contribution in [2.24, 2.45) is 0 Å². The predicted molar refractivity (Wildman–Crippen MR) is 118 cm³/mol. The third-order valence-corrected chi connectivity index (χ3v) is 4.32. The van der Waals surface area contributed by atoms with Crippen molar-refractivity contribution in [1.29, 1.82) is 0 Å². The fraction of sp³-hybridized carbons (Fsp3) is 0.208. The van der Waals surface area contributed by atoms with Crippen molar-refractivity contribution >= 4 is 23.0 Å². The Balaban J connectivity index is 0.000000941. The number of hydroxylamine groups is 1. The van der Waals surface area contributed by atoms with Crippen molar-refractivity contribution in [3.63, 3.8) is 0 Å². The third-order valence-electron chi connectivity index (χ3n) is 4.32. The maximum absolute atomic E-state index is 11.0. The Labute approximate surface area is 171 Å². The van der Waals surface area contributed by atoms with E-state index >= 15 is 0 Å². The van der Waals surface area contributed by atoms with E-state index in [2.05, 4.69) is 24.6 Å². The number of furan rings is 1. The molecule has 3 rings (SSSR count). The van der Waals surface area contributed by atoms with Gasteiger partial charge in [0.2, 0.25) is 0 Å². The van der Waals surface area contributed by atoms with E-state index in [9.17, 15) is 4.79 Å². The number of nitrogens with zero attached hydrogens (tertiary/aromatic N) is 1. The maximum atomic E-state index is 11.0. The Kier molecular flexibility index (Phi) is 8.89. The second-order valence-corrected chi connectivity index (χ2v) is 6.70. The fourth-order valence-corrected chi connectivity index (χ4v) is 2.92. The van der Waals surface area contributed by atoms with E-state index in [1.165, 1.54) is 22.6 Å². The number of carbonyl (C=O) groups excluding carboxylic acids is 1. The lowest BCUT2D eigenvalue weighted by Gasteiger charge is -2.17. The number of allylic oxidation sites excluding steroid dienone is 1. The zero-order valence-electron chi connectivity index (χ0n) is 17.0. The molecule has 1 heterocycles. The number of hydrogen-bond donors (Lipinski definition) is 2. The summed E-state index contributed by atoms with van der Waals surface area (Å²) in [6.45, 7) is 7.05. The average molecular weight is 392 g/mol. The molecular formula is C24H28N2O3. The van der Waals surface area contributed by atoms with Gasteiger partial charge < -0.3 is 9.32 Å². The van der Waals surface area contributed by atoms with Gasteiger partial charge in [-0.2, -0.15) is 0 Å². The molecule has 0 saturated carbocycles. The Hall–Kier alpha value is -3.15. The summed E-state index contributed by atoms with van der Waals surface area (Å²) in [4.78, 5) is 13.3. The number of nitrogens with one attached hydrogen (secondary N) is 1. The first-order valence-corrected chi connectivity index (χ1v) is 9.49. The first kappa shape index (κ1) is 22.1. The minimum Gasteiger partial charge on any atom is -0.464 e. The summed E-state index contributed by atoms with van der Waals surface area (Å²) in [5.74, 6) is -0.540. The van der Waals surface area contributed by atoms with Crippen LogP contribution in [0.2, 0.25) is 0 Å². The topological polar surface area (TPSA) is 65.7 Å². The molecule has 0 fully saturated rings. The number of carbonyl (C=O) groups is 1. The van der Waals surface area contributed by atoms with Gasteiger partial charge in [-0.15, -0.1) is 6.58 Å².